The fourth-order valence-electron chi connectivity index (χ4n) is 1.56. The Morgan fingerprint density at radius 2 is 1.90 bits per heavy atom. The van der Waals surface area contributed by atoms with Crippen LogP contribution in [0.3, 0.4) is 0 Å². The van der Waals surface area contributed by atoms with E-state index in [0.29, 0.717) is 13.2 Å². The highest BCUT2D eigenvalue weighted by atomic mass is 32.2. The molecule has 0 aromatic carbocycles. The number of aliphatic hydroxyl groups is 1. The summed E-state index contributed by atoms with van der Waals surface area (Å²) >= 11 is 0. The summed E-state index contributed by atoms with van der Waals surface area (Å²) in [5.74, 6) is -2.43. The van der Waals surface area contributed by atoms with Crippen LogP contribution in [0.25, 0.3) is 0 Å². The quantitative estimate of drug-likeness (QED) is 0.477. The Kier molecular flexibility index (Phi) is 6.33. The number of carboxylic acid groups (broad SMARTS) is 1. The van der Waals surface area contributed by atoms with Crippen molar-refractivity contribution in [3.63, 3.8) is 0 Å². The van der Waals surface area contributed by atoms with Crippen molar-refractivity contribution in [3.8, 4) is 0 Å². The second-order valence-electron chi connectivity index (χ2n) is 4.24. The molecule has 0 aromatic heterocycles. The summed E-state index contributed by atoms with van der Waals surface area (Å²) in [6.45, 7) is 0.738. The number of nitrogens with zero attached hydrogens (tertiary/aromatic N) is 1. The van der Waals surface area contributed by atoms with Gasteiger partial charge in [0, 0.05) is 19.5 Å². The Morgan fingerprint density at radius 1 is 1.30 bits per heavy atom. The Labute approximate surface area is 116 Å². The number of sulfonamides is 1. The molecule has 0 saturated carbocycles. The second-order valence-corrected chi connectivity index (χ2v) is 6.32. The number of carbonyl (C=O) groups excluding carboxylic acids is 1. The normalized spacial score (nSPS) is 18.4. The monoisotopic (exact) mass is 310 g/mol. The van der Waals surface area contributed by atoms with Gasteiger partial charge in [0.25, 0.3) is 0 Å². The number of carbonyl (C=O) groups is 2. The molecule has 0 radical (unpaired) electrons. The predicted molar refractivity (Wildman–Crippen MR) is 67.4 cm³/mol. The Bertz CT molecular complexity index is 445. The van der Waals surface area contributed by atoms with E-state index < -0.39 is 34.5 Å². The van der Waals surface area contributed by atoms with Crippen molar-refractivity contribution in [2.24, 2.45) is 0 Å². The standard InChI is InChI=1S/C10H18N2O7S/c13-8(10(15)16)7-11-9(14)1-6-20(17,18)12-2-4-19-5-3-12/h8,13H,1-7H2,(H,11,14)(H,15,16)/t8-/m0/s1. The van der Waals surface area contributed by atoms with Gasteiger partial charge in [0.1, 0.15) is 0 Å². The maximum atomic E-state index is 11.9. The highest BCUT2D eigenvalue weighted by Crippen LogP contribution is 2.06. The lowest BCUT2D eigenvalue weighted by atomic mass is 10.3. The maximum Gasteiger partial charge on any atom is 0.334 e. The maximum absolute atomic E-state index is 11.9. The molecule has 3 N–H and O–H groups in total. The summed E-state index contributed by atoms with van der Waals surface area (Å²) in [5.41, 5.74) is 0. The fraction of sp³-hybridized carbons (Fsp3) is 0.800. The largest absolute Gasteiger partial charge is 0.479 e. The van der Waals surface area contributed by atoms with Crippen molar-refractivity contribution in [1.82, 2.24) is 9.62 Å². The number of rotatable bonds is 7. The first-order chi connectivity index (χ1) is 9.33. The molecule has 1 amide bonds. The number of nitrogens with one attached hydrogen (secondary N) is 1. The molecule has 1 heterocycles. The van der Waals surface area contributed by atoms with Crippen molar-refractivity contribution in [2.45, 2.75) is 12.5 Å². The molecule has 0 bridgehead atoms. The van der Waals surface area contributed by atoms with Crippen molar-refractivity contribution >= 4 is 21.9 Å². The molecular formula is C10H18N2O7S. The van der Waals surface area contributed by atoms with Crippen LogP contribution in [-0.4, -0.2) is 79.5 Å². The molecule has 10 heteroatoms. The van der Waals surface area contributed by atoms with Crippen LogP contribution < -0.4 is 5.32 Å². The molecule has 0 unspecified atom stereocenters. The van der Waals surface area contributed by atoms with E-state index in [4.69, 9.17) is 14.9 Å². The van der Waals surface area contributed by atoms with Crippen molar-refractivity contribution in [2.75, 3.05) is 38.6 Å². The first kappa shape index (κ1) is 16.8. The lowest BCUT2D eigenvalue weighted by Crippen LogP contribution is -2.43. The minimum Gasteiger partial charge on any atom is -0.479 e. The summed E-state index contributed by atoms with van der Waals surface area (Å²) in [5, 5.41) is 19.5. The van der Waals surface area contributed by atoms with Crippen LogP contribution >= 0.6 is 0 Å². The number of morpholine rings is 1. The molecule has 1 fully saturated rings. The van der Waals surface area contributed by atoms with E-state index in [0.717, 1.165) is 0 Å². The van der Waals surface area contributed by atoms with Crippen LogP contribution in [0.1, 0.15) is 6.42 Å². The third kappa shape index (κ3) is 5.41. The van der Waals surface area contributed by atoms with E-state index in [-0.39, 0.29) is 25.3 Å². The molecule has 9 nitrogen and oxygen atoms in total. The van der Waals surface area contributed by atoms with E-state index in [1.54, 1.807) is 0 Å². The van der Waals surface area contributed by atoms with Crippen LogP contribution in [0, 0.1) is 0 Å². The zero-order valence-electron chi connectivity index (χ0n) is 10.8. The van der Waals surface area contributed by atoms with Crippen LogP contribution in [0.2, 0.25) is 0 Å². The van der Waals surface area contributed by atoms with E-state index in [1.165, 1.54) is 4.31 Å². The minimum absolute atomic E-state index is 0.266. The number of ether oxygens (including phenoxy) is 1. The topological polar surface area (TPSA) is 133 Å². The Morgan fingerprint density at radius 3 is 2.45 bits per heavy atom. The highest BCUT2D eigenvalue weighted by molar-refractivity contribution is 7.89. The van der Waals surface area contributed by atoms with E-state index in [2.05, 4.69) is 5.32 Å². The SMILES string of the molecule is O=C(CCS(=O)(=O)N1CCOCC1)NC[C@H](O)C(=O)O. The number of aliphatic hydroxyl groups excluding tert-OH is 1. The van der Waals surface area contributed by atoms with Crippen molar-refractivity contribution in [1.29, 1.82) is 0 Å². The van der Waals surface area contributed by atoms with Gasteiger partial charge < -0.3 is 20.3 Å². The number of carboxylic acids is 1. The van der Waals surface area contributed by atoms with Crippen LogP contribution in [0.5, 0.6) is 0 Å². The molecule has 20 heavy (non-hydrogen) atoms. The molecule has 1 saturated heterocycles. The van der Waals surface area contributed by atoms with Gasteiger partial charge in [-0.2, -0.15) is 4.31 Å². The summed E-state index contributed by atoms with van der Waals surface area (Å²) in [4.78, 5) is 21.7. The lowest BCUT2D eigenvalue weighted by molar-refractivity contribution is -0.146. The van der Waals surface area contributed by atoms with Gasteiger partial charge in [-0.15, -0.1) is 0 Å². The average Bonchev–Trinajstić information content (AvgIpc) is 2.43. The van der Waals surface area contributed by atoms with Gasteiger partial charge in [-0.3, -0.25) is 4.79 Å². The second kappa shape index (κ2) is 7.53. The third-order valence-corrected chi connectivity index (χ3v) is 4.60. The fourth-order valence-corrected chi connectivity index (χ4v) is 2.97. The lowest BCUT2D eigenvalue weighted by Gasteiger charge is -2.25. The highest BCUT2D eigenvalue weighted by Gasteiger charge is 2.25. The average molecular weight is 310 g/mol. The van der Waals surface area contributed by atoms with Crippen LogP contribution in [-0.2, 0) is 24.3 Å². The molecule has 1 aliphatic rings. The minimum atomic E-state index is -3.52. The Balaban J connectivity index is 2.34. The van der Waals surface area contributed by atoms with Gasteiger partial charge in [0.15, 0.2) is 6.10 Å². The molecule has 0 aromatic rings. The van der Waals surface area contributed by atoms with Gasteiger partial charge in [-0.25, -0.2) is 13.2 Å². The summed E-state index contributed by atoms with van der Waals surface area (Å²) in [7, 11) is -3.52. The van der Waals surface area contributed by atoms with Gasteiger partial charge in [0.05, 0.1) is 25.5 Å². The Hall–Kier alpha value is -1.23. The van der Waals surface area contributed by atoms with E-state index >= 15 is 0 Å². The van der Waals surface area contributed by atoms with E-state index in [9.17, 15) is 18.0 Å². The summed E-state index contributed by atoms with van der Waals surface area (Å²) in [6, 6.07) is 0. The summed E-state index contributed by atoms with van der Waals surface area (Å²) in [6.07, 6.45) is -1.98. The van der Waals surface area contributed by atoms with Gasteiger partial charge in [-0.1, -0.05) is 0 Å². The van der Waals surface area contributed by atoms with Crippen LogP contribution in [0.4, 0.5) is 0 Å². The zero-order valence-corrected chi connectivity index (χ0v) is 11.6. The van der Waals surface area contributed by atoms with E-state index in [1.807, 2.05) is 0 Å². The number of hydrogen-bond acceptors (Lipinski definition) is 6. The van der Waals surface area contributed by atoms with Gasteiger partial charge in [0.2, 0.25) is 15.9 Å². The van der Waals surface area contributed by atoms with Gasteiger partial charge >= 0.3 is 5.97 Å². The molecule has 1 atom stereocenters. The zero-order chi connectivity index (χ0) is 15.2. The number of amides is 1. The molecule has 0 aliphatic carbocycles. The predicted octanol–water partition coefficient (Wildman–Crippen LogP) is -2.40. The molecule has 1 aliphatic heterocycles. The third-order valence-electron chi connectivity index (χ3n) is 2.73. The van der Waals surface area contributed by atoms with Gasteiger partial charge in [-0.05, 0) is 0 Å². The van der Waals surface area contributed by atoms with Crippen LogP contribution in [0.15, 0.2) is 0 Å². The number of hydrogen-bond donors (Lipinski definition) is 3. The smallest absolute Gasteiger partial charge is 0.334 e. The molecule has 0 spiro atoms. The number of aliphatic carboxylic acids is 1. The van der Waals surface area contributed by atoms with Crippen molar-refractivity contribution in [3.05, 3.63) is 0 Å². The molecule has 1 rings (SSSR count). The first-order valence-electron chi connectivity index (χ1n) is 6.06. The molecular weight excluding hydrogens is 292 g/mol. The first-order valence-corrected chi connectivity index (χ1v) is 7.67. The molecule has 116 valence electrons. The van der Waals surface area contributed by atoms with Crippen molar-refractivity contribution < 1.29 is 33.0 Å². The summed E-state index contributed by atoms with van der Waals surface area (Å²) < 4.78 is 30.1.